The van der Waals surface area contributed by atoms with Crippen molar-refractivity contribution < 1.29 is 22.8 Å². The Hall–Kier alpha value is -3.37. The van der Waals surface area contributed by atoms with Gasteiger partial charge in [-0.3, -0.25) is 9.59 Å². The van der Waals surface area contributed by atoms with Gasteiger partial charge in [-0.1, -0.05) is 13.3 Å². The zero-order chi connectivity index (χ0) is 24.2. The van der Waals surface area contributed by atoms with E-state index in [9.17, 15) is 22.8 Å². The second-order valence-corrected chi connectivity index (χ2v) is 8.07. The van der Waals surface area contributed by atoms with Gasteiger partial charge in [-0.25, -0.2) is 4.98 Å². The molecule has 178 valence electrons. The molecule has 1 aromatic heterocycles. The van der Waals surface area contributed by atoms with Gasteiger partial charge in [0, 0.05) is 37.1 Å². The summed E-state index contributed by atoms with van der Waals surface area (Å²) < 4.78 is 40.5. The van der Waals surface area contributed by atoms with E-state index >= 15 is 0 Å². The van der Waals surface area contributed by atoms with Crippen molar-refractivity contribution in [3.05, 3.63) is 41.6 Å². The maximum Gasteiger partial charge on any atom is 0.421 e. The number of aromatic nitrogens is 2. The zero-order valence-electron chi connectivity index (χ0n) is 18.4. The number of hydrogen-bond acceptors (Lipinski definition) is 6. The van der Waals surface area contributed by atoms with Crippen LogP contribution < -0.4 is 16.4 Å². The lowest BCUT2D eigenvalue weighted by Crippen LogP contribution is -2.35. The summed E-state index contributed by atoms with van der Waals surface area (Å²) in [4.78, 5) is 33.4. The molecular formula is C22H27F3N6O2. The van der Waals surface area contributed by atoms with Crippen molar-refractivity contribution in [2.45, 2.75) is 44.8 Å². The maximum absolute atomic E-state index is 13.5. The quantitative estimate of drug-likeness (QED) is 0.548. The van der Waals surface area contributed by atoms with E-state index in [4.69, 9.17) is 5.73 Å². The molecule has 0 radical (unpaired) electrons. The van der Waals surface area contributed by atoms with Crippen LogP contribution >= 0.6 is 0 Å². The lowest BCUT2D eigenvalue weighted by atomic mass is 10.0. The third-order valence-electron chi connectivity index (χ3n) is 5.59. The highest BCUT2D eigenvalue weighted by Gasteiger charge is 2.38. The summed E-state index contributed by atoms with van der Waals surface area (Å²) in [6.45, 7) is 2.61. The minimum absolute atomic E-state index is 0.0544. The highest BCUT2D eigenvalue weighted by molar-refractivity contribution is 5.94. The molecule has 2 atom stereocenters. The number of halogens is 3. The molecule has 1 aliphatic carbocycles. The highest BCUT2D eigenvalue weighted by Crippen LogP contribution is 2.36. The van der Waals surface area contributed by atoms with Crippen LogP contribution in [0.25, 0.3) is 0 Å². The lowest BCUT2D eigenvalue weighted by Gasteiger charge is -2.22. The SMILES string of the molecule is CCCN(C)C(=O)c1ccc(Nc2ncc(C(F)(F)F)c(N[C@@H]3CCC[C@@H]3C(N)=O)n2)cc1. The molecular weight excluding hydrogens is 437 g/mol. The van der Waals surface area contributed by atoms with Crippen molar-refractivity contribution >= 4 is 29.3 Å². The van der Waals surface area contributed by atoms with Crippen molar-refractivity contribution in [3.63, 3.8) is 0 Å². The largest absolute Gasteiger partial charge is 0.421 e. The third-order valence-corrected chi connectivity index (χ3v) is 5.59. The Balaban J connectivity index is 1.80. The molecule has 2 aromatic rings. The fraction of sp³-hybridized carbons (Fsp3) is 0.455. The van der Waals surface area contributed by atoms with Gasteiger partial charge < -0.3 is 21.3 Å². The number of nitrogens with zero attached hydrogens (tertiary/aromatic N) is 3. The van der Waals surface area contributed by atoms with Crippen molar-refractivity contribution in [1.82, 2.24) is 14.9 Å². The van der Waals surface area contributed by atoms with Gasteiger partial charge in [0.15, 0.2) is 0 Å². The molecule has 3 rings (SSSR count). The number of hydrogen-bond donors (Lipinski definition) is 3. The van der Waals surface area contributed by atoms with Gasteiger partial charge in [-0.05, 0) is 43.5 Å². The van der Waals surface area contributed by atoms with E-state index in [1.165, 1.54) is 0 Å². The summed E-state index contributed by atoms with van der Waals surface area (Å²) in [6, 6.07) is 5.96. The van der Waals surface area contributed by atoms with Gasteiger partial charge >= 0.3 is 6.18 Å². The van der Waals surface area contributed by atoms with Gasteiger partial charge in [-0.2, -0.15) is 18.2 Å². The maximum atomic E-state index is 13.5. The Morgan fingerprint density at radius 3 is 2.52 bits per heavy atom. The van der Waals surface area contributed by atoms with Crippen LogP contribution in [-0.2, 0) is 11.0 Å². The molecule has 1 fully saturated rings. The topological polar surface area (TPSA) is 113 Å². The van der Waals surface area contributed by atoms with Crippen molar-refractivity contribution in [2.75, 3.05) is 24.2 Å². The predicted octanol–water partition coefficient (Wildman–Crippen LogP) is 3.79. The molecule has 33 heavy (non-hydrogen) atoms. The molecule has 8 nitrogen and oxygen atoms in total. The monoisotopic (exact) mass is 464 g/mol. The average molecular weight is 464 g/mol. The van der Waals surface area contributed by atoms with E-state index in [2.05, 4.69) is 20.6 Å². The Kier molecular flexibility index (Phi) is 7.39. The highest BCUT2D eigenvalue weighted by atomic mass is 19.4. The van der Waals surface area contributed by atoms with E-state index in [-0.39, 0.29) is 11.9 Å². The first-order valence-corrected chi connectivity index (χ1v) is 10.7. The lowest BCUT2D eigenvalue weighted by molar-refractivity contribution is -0.137. The number of alkyl halides is 3. The van der Waals surface area contributed by atoms with Crippen LogP contribution in [0.3, 0.4) is 0 Å². The molecule has 1 heterocycles. The van der Waals surface area contributed by atoms with Gasteiger partial charge in [0.05, 0.1) is 5.92 Å². The molecule has 1 aliphatic rings. The number of primary amides is 1. The normalized spacial score (nSPS) is 18.1. The Bertz CT molecular complexity index is 997. The van der Waals surface area contributed by atoms with E-state index in [1.54, 1.807) is 36.2 Å². The minimum Gasteiger partial charge on any atom is -0.369 e. The van der Waals surface area contributed by atoms with Gasteiger partial charge in [-0.15, -0.1) is 0 Å². The smallest absolute Gasteiger partial charge is 0.369 e. The number of amides is 2. The standard InChI is InChI=1S/C22H27F3N6O2/c1-3-11-31(2)20(33)13-7-9-14(10-8-13)28-21-27-12-16(22(23,24)25)19(30-21)29-17-6-4-5-15(17)18(26)32/h7-10,12,15,17H,3-6,11H2,1-2H3,(H2,26,32)(H2,27,28,29,30)/t15-,17+/m0/s1. The molecule has 2 amide bonds. The first kappa shape index (κ1) is 24.3. The molecule has 4 N–H and O–H groups in total. The van der Waals surface area contributed by atoms with Crippen molar-refractivity contribution in [2.24, 2.45) is 11.7 Å². The number of nitrogens with two attached hydrogens (primary N) is 1. The predicted molar refractivity (Wildman–Crippen MR) is 118 cm³/mol. The molecule has 0 saturated heterocycles. The molecule has 0 aliphatic heterocycles. The molecule has 11 heteroatoms. The third kappa shape index (κ3) is 5.91. The summed E-state index contributed by atoms with van der Waals surface area (Å²) in [5.41, 5.74) is 5.37. The number of rotatable bonds is 8. The van der Waals surface area contributed by atoms with Gasteiger partial charge in [0.25, 0.3) is 5.91 Å². The Labute approximate surface area is 189 Å². The van der Waals surface area contributed by atoms with E-state index in [0.717, 1.165) is 6.42 Å². The summed E-state index contributed by atoms with van der Waals surface area (Å²) in [5, 5.41) is 5.62. The summed E-state index contributed by atoms with van der Waals surface area (Å²) >= 11 is 0. The van der Waals surface area contributed by atoms with Crippen molar-refractivity contribution in [3.8, 4) is 0 Å². The number of benzene rings is 1. The number of carbonyl (C=O) groups is 2. The number of anilines is 3. The van der Waals surface area contributed by atoms with Crippen LogP contribution in [0.5, 0.6) is 0 Å². The first-order valence-electron chi connectivity index (χ1n) is 10.7. The van der Waals surface area contributed by atoms with Crippen LogP contribution in [0.1, 0.15) is 48.5 Å². The van der Waals surface area contributed by atoms with Crippen LogP contribution in [0.2, 0.25) is 0 Å². The summed E-state index contributed by atoms with van der Waals surface area (Å²) in [7, 11) is 1.72. The average Bonchev–Trinajstić information content (AvgIpc) is 3.22. The second kappa shape index (κ2) is 10.1. The van der Waals surface area contributed by atoms with Crippen LogP contribution in [0.4, 0.5) is 30.6 Å². The number of nitrogens with one attached hydrogen (secondary N) is 2. The summed E-state index contributed by atoms with van der Waals surface area (Å²) in [6.07, 6.45) is -1.42. The minimum atomic E-state index is -4.67. The zero-order valence-corrected chi connectivity index (χ0v) is 18.4. The summed E-state index contributed by atoms with van der Waals surface area (Å²) in [5.74, 6) is -1.70. The Morgan fingerprint density at radius 1 is 1.21 bits per heavy atom. The molecule has 1 aromatic carbocycles. The second-order valence-electron chi connectivity index (χ2n) is 8.07. The number of carbonyl (C=O) groups excluding carboxylic acids is 2. The van der Waals surface area contributed by atoms with Crippen LogP contribution in [0, 0.1) is 5.92 Å². The molecule has 0 unspecified atom stereocenters. The Morgan fingerprint density at radius 2 is 1.91 bits per heavy atom. The first-order chi connectivity index (χ1) is 15.6. The van der Waals surface area contributed by atoms with Gasteiger partial charge in [0.2, 0.25) is 11.9 Å². The van der Waals surface area contributed by atoms with E-state index < -0.39 is 35.4 Å². The van der Waals surface area contributed by atoms with E-state index in [0.29, 0.717) is 43.3 Å². The van der Waals surface area contributed by atoms with E-state index in [1.807, 2.05) is 6.92 Å². The van der Waals surface area contributed by atoms with Crippen LogP contribution in [0.15, 0.2) is 30.5 Å². The fourth-order valence-electron chi connectivity index (χ4n) is 3.89. The van der Waals surface area contributed by atoms with Crippen molar-refractivity contribution in [1.29, 1.82) is 0 Å². The van der Waals surface area contributed by atoms with Crippen LogP contribution in [-0.4, -0.2) is 46.3 Å². The molecule has 0 spiro atoms. The van der Waals surface area contributed by atoms with Gasteiger partial charge in [0.1, 0.15) is 11.4 Å². The fourth-order valence-corrected chi connectivity index (χ4v) is 3.89. The molecule has 1 saturated carbocycles. The molecule has 0 bridgehead atoms.